The van der Waals surface area contributed by atoms with E-state index in [0.717, 1.165) is 25.3 Å². The summed E-state index contributed by atoms with van der Waals surface area (Å²) in [6.45, 7) is 2.09. The van der Waals surface area contributed by atoms with Gasteiger partial charge in [0.15, 0.2) is 0 Å². The highest BCUT2D eigenvalue weighted by atomic mass is 35.7. The Hall–Kier alpha value is -0.490. The van der Waals surface area contributed by atoms with Gasteiger partial charge in [-0.15, -0.1) is 0 Å². The quantitative estimate of drug-likeness (QED) is 0.801. The number of carbonyl (C=O) groups excluding carboxylic acids is 1. The molecule has 0 spiro atoms. The summed E-state index contributed by atoms with van der Waals surface area (Å²) >= 11 is 11.8. The first-order valence-electron chi connectivity index (χ1n) is 6.48. The molecule has 116 valence electrons. The molecule has 0 heterocycles. The molecule has 21 heavy (non-hydrogen) atoms. The number of halogens is 3. The number of amides is 1. The van der Waals surface area contributed by atoms with Crippen LogP contribution in [0, 0.1) is 5.92 Å². The predicted octanol–water partition coefficient (Wildman–Crippen LogP) is 3.84. The number of hydrogen-bond donors (Lipinski definition) is 1. The lowest BCUT2D eigenvalue weighted by molar-refractivity contribution is 0.0948. The van der Waals surface area contributed by atoms with Gasteiger partial charge in [0, 0.05) is 21.7 Å². The Morgan fingerprint density at radius 2 is 2.05 bits per heavy atom. The Balaban J connectivity index is 2.24. The molecule has 0 radical (unpaired) electrons. The maximum absolute atomic E-state index is 12.2. The summed E-state index contributed by atoms with van der Waals surface area (Å²) in [5.74, 6) is 0.0424. The van der Waals surface area contributed by atoms with Gasteiger partial charge >= 0.3 is 0 Å². The molecule has 1 aromatic carbocycles. The number of carbonyl (C=O) groups is 1. The summed E-state index contributed by atoms with van der Waals surface area (Å²) in [5, 5.41) is 2.71. The average molecular weight is 371 g/mol. The van der Waals surface area contributed by atoms with Crippen molar-refractivity contribution in [3.63, 3.8) is 0 Å². The fourth-order valence-corrected chi connectivity index (χ4v) is 4.13. The Kier molecular flexibility index (Phi) is 5.08. The van der Waals surface area contributed by atoms with Crippen LogP contribution in [-0.2, 0) is 9.05 Å². The second-order valence-corrected chi connectivity index (χ2v) is 8.42. The second-order valence-electron chi connectivity index (χ2n) is 5.07. The van der Waals surface area contributed by atoms with Gasteiger partial charge in [-0.1, -0.05) is 36.5 Å². The molecule has 1 N–H and O–H groups in total. The van der Waals surface area contributed by atoms with Gasteiger partial charge in [-0.25, -0.2) is 8.42 Å². The first-order chi connectivity index (χ1) is 9.74. The van der Waals surface area contributed by atoms with Crippen LogP contribution in [0.25, 0.3) is 0 Å². The molecule has 1 fully saturated rings. The topological polar surface area (TPSA) is 63.2 Å². The molecule has 1 saturated carbocycles. The van der Waals surface area contributed by atoms with E-state index in [-0.39, 0.29) is 26.5 Å². The summed E-state index contributed by atoms with van der Waals surface area (Å²) < 4.78 is 22.9. The van der Waals surface area contributed by atoms with Gasteiger partial charge in [-0.3, -0.25) is 4.79 Å². The van der Waals surface area contributed by atoms with E-state index in [1.54, 1.807) is 0 Å². The molecular weight excluding hydrogens is 357 g/mol. The minimum Gasteiger partial charge on any atom is -0.349 e. The van der Waals surface area contributed by atoms with E-state index in [1.165, 1.54) is 6.07 Å². The highest BCUT2D eigenvalue weighted by molar-refractivity contribution is 8.13. The fourth-order valence-electron chi connectivity index (χ4n) is 2.27. The third-order valence-corrected chi connectivity index (χ3v) is 5.49. The van der Waals surface area contributed by atoms with Crippen LogP contribution in [0.15, 0.2) is 17.0 Å². The zero-order valence-electron chi connectivity index (χ0n) is 11.2. The first-order valence-corrected chi connectivity index (χ1v) is 9.55. The highest BCUT2D eigenvalue weighted by Gasteiger charge is 2.37. The minimum atomic E-state index is -4.07. The number of benzene rings is 1. The zero-order chi connectivity index (χ0) is 15.8. The lowest BCUT2D eigenvalue weighted by Gasteiger charge is -2.09. The van der Waals surface area contributed by atoms with Crippen molar-refractivity contribution in [1.82, 2.24) is 5.32 Å². The molecule has 0 saturated heterocycles. The van der Waals surface area contributed by atoms with Crippen LogP contribution in [-0.4, -0.2) is 20.4 Å². The number of nitrogens with one attached hydrogen (secondary N) is 1. The van der Waals surface area contributed by atoms with Crippen LogP contribution in [0.5, 0.6) is 0 Å². The maximum Gasteiger partial charge on any atom is 0.262 e. The molecule has 1 aromatic rings. The fraction of sp³-hybridized carbons (Fsp3) is 0.462. The Morgan fingerprint density at radius 3 is 2.62 bits per heavy atom. The van der Waals surface area contributed by atoms with Crippen LogP contribution < -0.4 is 5.32 Å². The van der Waals surface area contributed by atoms with E-state index in [9.17, 15) is 13.2 Å². The third-order valence-electron chi connectivity index (χ3n) is 3.41. The molecule has 4 nitrogen and oxygen atoms in total. The molecule has 2 rings (SSSR count). The van der Waals surface area contributed by atoms with E-state index in [2.05, 4.69) is 12.2 Å². The van der Waals surface area contributed by atoms with Crippen molar-refractivity contribution in [2.45, 2.75) is 37.1 Å². The smallest absolute Gasteiger partial charge is 0.262 e. The molecule has 8 heteroatoms. The lowest BCUT2D eigenvalue weighted by Crippen LogP contribution is -2.27. The molecule has 0 aromatic heterocycles. The van der Waals surface area contributed by atoms with Gasteiger partial charge in [0.2, 0.25) is 0 Å². The lowest BCUT2D eigenvalue weighted by atomic mass is 10.2. The van der Waals surface area contributed by atoms with Crippen molar-refractivity contribution in [2.75, 3.05) is 0 Å². The second kappa shape index (κ2) is 6.32. The van der Waals surface area contributed by atoms with Crippen molar-refractivity contribution >= 4 is 48.8 Å². The highest BCUT2D eigenvalue weighted by Crippen LogP contribution is 2.36. The molecule has 0 bridgehead atoms. The maximum atomic E-state index is 12.2. The monoisotopic (exact) mass is 369 g/mol. The SMILES string of the molecule is CCCC1CC1NC(=O)c1cc(Cl)cc(S(=O)(=O)Cl)c1Cl. The summed E-state index contributed by atoms with van der Waals surface area (Å²) in [6.07, 6.45) is 3.04. The first kappa shape index (κ1) is 16.9. The van der Waals surface area contributed by atoms with Crippen molar-refractivity contribution in [3.8, 4) is 0 Å². The molecular formula is C13H14Cl3NO3S. The van der Waals surface area contributed by atoms with Crippen molar-refractivity contribution in [1.29, 1.82) is 0 Å². The number of hydrogen-bond acceptors (Lipinski definition) is 3. The molecule has 2 atom stereocenters. The van der Waals surface area contributed by atoms with Gasteiger partial charge < -0.3 is 5.32 Å². The van der Waals surface area contributed by atoms with Gasteiger partial charge in [0.25, 0.3) is 15.0 Å². The summed E-state index contributed by atoms with van der Waals surface area (Å²) in [5.41, 5.74) is 0.0190. The average Bonchev–Trinajstić information content (AvgIpc) is 3.08. The van der Waals surface area contributed by atoms with E-state index >= 15 is 0 Å². The Bertz CT molecular complexity index is 675. The Labute approximate surface area is 138 Å². The van der Waals surface area contributed by atoms with Gasteiger partial charge in [-0.05, 0) is 30.9 Å². The molecule has 1 aliphatic carbocycles. The standard InChI is InChI=1S/C13H14Cl3NO3S/c1-2-3-7-4-10(7)17-13(18)9-5-8(14)6-11(12(9)15)21(16,19)20/h5-7,10H,2-4H2,1H3,(H,17,18). The molecule has 0 aliphatic heterocycles. The van der Waals surface area contributed by atoms with E-state index < -0.39 is 15.0 Å². The van der Waals surface area contributed by atoms with Crippen LogP contribution in [0.2, 0.25) is 10.0 Å². The van der Waals surface area contributed by atoms with E-state index in [0.29, 0.717) is 5.92 Å². The third kappa shape index (κ3) is 4.03. The van der Waals surface area contributed by atoms with Crippen LogP contribution in [0.3, 0.4) is 0 Å². The van der Waals surface area contributed by atoms with Gasteiger partial charge in [-0.2, -0.15) is 0 Å². The summed E-state index contributed by atoms with van der Waals surface area (Å²) in [7, 11) is 1.22. The van der Waals surface area contributed by atoms with Crippen LogP contribution in [0.4, 0.5) is 0 Å². The van der Waals surface area contributed by atoms with Crippen LogP contribution >= 0.6 is 33.9 Å². The van der Waals surface area contributed by atoms with Crippen molar-refractivity contribution < 1.29 is 13.2 Å². The molecule has 1 amide bonds. The van der Waals surface area contributed by atoms with Gasteiger partial charge in [0.1, 0.15) is 4.90 Å². The number of rotatable bonds is 5. The Morgan fingerprint density at radius 1 is 1.38 bits per heavy atom. The normalized spacial score (nSPS) is 21.1. The molecule has 2 unspecified atom stereocenters. The largest absolute Gasteiger partial charge is 0.349 e. The van der Waals surface area contributed by atoms with E-state index in [1.807, 2.05) is 0 Å². The summed E-state index contributed by atoms with van der Waals surface area (Å²) in [4.78, 5) is 11.8. The zero-order valence-corrected chi connectivity index (χ0v) is 14.3. The van der Waals surface area contributed by atoms with Crippen molar-refractivity contribution in [3.05, 3.63) is 27.7 Å². The predicted molar refractivity (Wildman–Crippen MR) is 83.8 cm³/mol. The van der Waals surface area contributed by atoms with Crippen LogP contribution in [0.1, 0.15) is 36.5 Å². The molecule has 1 aliphatic rings. The summed E-state index contributed by atoms with van der Waals surface area (Å²) in [6, 6.07) is 2.57. The van der Waals surface area contributed by atoms with Crippen molar-refractivity contribution in [2.24, 2.45) is 5.92 Å². The van der Waals surface area contributed by atoms with Gasteiger partial charge in [0.05, 0.1) is 10.6 Å². The van der Waals surface area contributed by atoms with E-state index in [4.69, 9.17) is 33.9 Å². The minimum absolute atomic E-state index is 0.0190.